The largest absolute Gasteiger partial charge is 0.299 e. The van der Waals surface area contributed by atoms with Crippen molar-refractivity contribution < 1.29 is 0 Å². The van der Waals surface area contributed by atoms with Gasteiger partial charge < -0.3 is 0 Å². The van der Waals surface area contributed by atoms with Crippen LogP contribution in [0.25, 0.3) is 10.9 Å². The Bertz CT molecular complexity index is 1200. The highest BCUT2D eigenvalue weighted by atomic mass is 16.1. The standard InChI is InChI=1S/C22H28N8O/c1-16-15-29-21(31)19(17(2)24-22(29)26(3)25-16)8-9-27-10-12-28(13-11-27)30-20-7-5-4-6-18(20)14-23-30/h4-7,14H,8-13,15H2,1-3H3. The summed E-state index contributed by atoms with van der Waals surface area (Å²) in [6.45, 7) is 8.94. The summed E-state index contributed by atoms with van der Waals surface area (Å²) in [5, 5.41) is 14.1. The normalized spacial score (nSPS) is 17.2. The number of benzene rings is 1. The van der Waals surface area contributed by atoms with Gasteiger partial charge in [-0.1, -0.05) is 18.2 Å². The fraction of sp³-hybridized carbons (Fsp3) is 0.455. The number of hydrazone groups is 1. The van der Waals surface area contributed by atoms with E-state index in [2.05, 4.69) is 43.3 Å². The molecule has 0 aliphatic carbocycles. The van der Waals surface area contributed by atoms with Gasteiger partial charge in [-0.25, -0.2) is 9.99 Å². The quantitative estimate of drug-likeness (QED) is 0.632. The van der Waals surface area contributed by atoms with E-state index < -0.39 is 0 Å². The molecule has 0 spiro atoms. The zero-order chi connectivity index (χ0) is 21.5. The molecule has 0 saturated carbocycles. The summed E-state index contributed by atoms with van der Waals surface area (Å²) in [7, 11) is 1.84. The fourth-order valence-electron chi connectivity index (χ4n) is 4.53. The van der Waals surface area contributed by atoms with Crippen LogP contribution in [0.4, 0.5) is 5.95 Å². The lowest BCUT2D eigenvalue weighted by Gasteiger charge is -2.36. The molecule has 1 aromatic carbocycles. The first-order valence-corrected chi connectivity index (χ1v) is 10.8. The number of hydrogen-bond donors (Lipinski definition) is 0. The molecule has 31 heavy (non-hydrogen) atoms. The van der Waals surface area contributed by atoms with Crippen LogP contribution < -0.4 is 15.6 Å². The van der Waals surface area contributed by atoms with Gasteiger partial charge in [-0.05, 0) is 26.3 Å². The van der Waals surface area contributed by atoms with Gasteiger partial charge in [-0.15, -0.1) is 0 Å². The predicted octanol–water partition coefficient (Wildman–Crippen LogP) is 1.22. The van der Waals surface area contributed by atoms with E-state index in [1.165, 1.54) is 0 Å². The maximum Gasteiger partial charge on any atom is 0.258 e. The minimum absolute atomic E-state index is 0.0604. The first-order chi connectivity index (χ1) is 15.0. The molecule has 9 heteroatoms. The van der Waals surface area contributed by atoms with Crippen LogP contribution in [0.15, 0.2) is 40.4 Å². The van der Waals surface area contributed by atoms with Crippen molar-refractivity contribution in [3.63, 3.8) is 0 Å². The van der Waals surface area contributed by atoms with E-state index in [0.29, 0.717) is 18.9 Å². The summed E-state index contributed by atoms with van der Waals surface area (Å²) in [4.78, 5) is 22.3. The first kappa shape index (κ1) is 19.7. The van der Waals surface area contributed by atoms with Crippen LogP contribution in [0, 0.1) is 6.92 Å². The van der Waals surface area contributed by atoms with Gasteiger partial charge in [0.15, 0.2) is 0 Å². The van der Waals surface area contributed by atoms with Crippen LogP contribution in [0.5, 0.6) is 0 Å². The van der Waals surface area contributed by atoms with E-state index in [0.717, 1.165) is 60.6 Å². The molecule has 0 radical (unpaired) electrons. The summed E-state index contributed by atoms with van der Waals surface area (Å²) >= 11 is 0. The lowest BCUT2D eigenvalue weighted by molar-refractivity contribution is 0.239. The van der Waals surface area contributed by atoms with Gasteiger partial charge in [0.1, 0.15) is 0 Å². The maximum absolute atomic E-state index is 13.1. The van der Waals surface area contributed by atoms with Crippen LogP contribution in [0.1, 0.15) is 18.2 Å². The van der Waals surface area contributed by atoms with E-state index in [1.54, 1.807) is 9.58 Å². The minimum Gasteiger partial charge on any atom is -0.299 e. The summed E-state index contributed by atoms with van der Waals surface area (Å²) in [5.41, 5.74) is 3.73. The molecule has 1 fully saturated rings. The Balaban J connectivity index is 1.25. The van der Waals surface area contributed by atoms with Gasteiger partial charge in [-0.2, -0.15) is 15.0 Å². The van der Waals surface area contributed by atoms with Gasteiger partial charge in [-0.3, -0.25) is 19.3 Å². The number of para-hydroxylation sites is 1. The number of piperazine rings is 1. The third-order valence-corrected chi connectivity index (χ3v) is 6.20. The summed E-state index contributed by atoms with van der Waals surface area (Å²) in [6, 6.07) is 8.29. The molecule has 0 unspecified atom stereocenters. The van der Waals surface area contributed by atoms with Crippen molar-refractivity contribution in [2.24, 2.45) is 5.10 Å². The fourth-order valence-corrected chi connectivity index (χ4v) is 4.53. The third-order valence-electron chi connectivity index (χ3n) is 6.20. The molecule has 2 aliphatic rings. The molecule has 2 aromatic heterocycles. The predicted molar refractivity (Wildman–Crippen MR) is 123 cm³/mol. The molecular formula is C22H28N8O. The van der Waals surface area contributed by atoms with Crippen molar-refractivity contribution in [2.75, 3.05) is 49.8 Å². The van der Waals surface area contributed by atoms with Crippen molar-refractivity contribution in [3.8, 4) is 0 Å². The summed E-state index contributed by atoms with van der Waals surface area (Å²) in [5.74, 6) is 0.622. The molecular weight excluding hydrogens is 392 g/mol. The highest BCUT2D eigenvalue weighted by Crippen LogP contribution is 2.17. The number of aryl methyl sites for hydroxylation is 1. The number of nitrogens with zero attached hydrogens (tertiary/aromatic N) is 8. The molecule has 9 nitrogen and oxygen atoms in total. The van der Waals surface area contributed by atoms with E-state index >= 15 is 0 Å². The Morgan fingerprint density at radius 3 is 2.65 bits per heavy atom. The minimum atomic E-state index is 0.0604. The highest BCUT2D eigenvalue weighted by molar-refractivity contribution is 5.84. The van der Waals surface area contributed by atoms with Crippen LogP contribution in [-0.2, 0) is 13.0 Å². The molecule has 162 valence electrons. The van der Waals surface area contributed by atoms with E-state index in [9.17, 15) is 4.79 Å². The number of hydrogen-bond acceptors (Lipinski definition) is 7. The SMILES string of the molecule is CC1=NN(C)c2nc(C)c(CCN3CCN(n4ncc5ccccc54)CC3)c(=O)n2C1. The van der Waals surface area contributed by atoms with Crippen molar-refractivity contribution in [2.45, 2.75) is 26.8 Å². The van der Waals surface area contributed by atoms with Crippen LogP contribution in [-0.4, -0.2) is 69.8 Å². The molecule has 0 N–H and O–H groups in total. The first-order valence-electron chi connectivity index (χ1n) is 10.8. The number of aromatic nitrogens is 4. The monoisotopic (exact) mass is 420 g/mol. The second kappa shape index (κ2) is 7.81. The Morgan fingerprint density at radius 2 is 1.84 bits per heavy atom. The second-order valence-corrected chi connectivity index (χ2v) is 8.36. The molecule has 0 bridgehead atoms. The summed E-state index contributed by atoms with van der Waals surface area (Å²) < 4.78 is 1.74. The van der Waals surface area contributed by atoms with Gasteiger partial charge in [0.25, 0.3) is 5.56 Å². The van der Waals surface area contributed by atoms with Gasteiger partial charge >= 0.3 is 0 Å². The van der Waals surface area contributed by atoms with Crippen LogP contribution in [0.3, 0.4) is 0 Å². The zero-order valence-corrected chi connectivity index (χ0v) is 18.3. The molecule has 0 atom stereocenters. The van der Waals surface area contributed by atoms with Gasteiger partial charge in [0.2, 0.25) is 5.95 Å². The molecule has 4 heterocycles. The smallest absolute Gasteiger partial charge is 0.258 e. The number of fused-ring (bicyclic) bond motifs is 2. The van der Waals surface area contributed by atoms with Crippen molar-refractivity contribution in [1.82, 2.24) is 24.3 Å². The Kier molecular flexibility index (Phi) is 4.97. The maximum atomic E-state index is 13.1. The van der Waals surface area contributed by atoms with Gasteiger partial charge in [0.05, 0.1) is 29.7 Å². The average molecular weight is 421 g/mol. The van der Waals surface area contributed by atoms with Crippen LogP contribution in [0.2, 0.25) is 0 Å². The zero-order valence-electron chi connectivity index (χ0n) is 18.3. The van der Waals surface area contributed by atoms with E-state index in [-0.39, 0.29) is 5.56 Å². The van der Waals surface area contributed by atoms with E-state index in [1.807, 2.05) is 37.9 Å². The molecule has 0 amide bonds. The van der Waals surface area contributed by atoms with Crippen LogP contribution >= 0.6 is 0 Å². The van der Waals surface area contributed by atoms with E-state index in [4.69, 9.17) is 0 Å². The Hall–Kier alpha value is -3.20. The van der Waals surface area contributed by atoms with Crippen molar-refractivity contribution >= 4 is 22.6 Å². The number of anilines is 1. The third kappa shape index (κ3) is 3.59. The average Bonchev–Trinajstić information content (AvgIpc) is 3.19. The summed E-state index contributed by atoms with van der Waals surface area (Å²) in [6.07, 6.45) is 2.63. The highest BCUT2D eigenvalue weighted by Gasteiger charge is 2.23. The van der Waals surface area contributed by atoms with Crippen molar-refractivity contribution in [3.05, 3.63) is 52.1 Å². The Morgan fingerprint density at radius 1 is 1.06 bits per heavy atom. The number of rotatable bonds is 4. The topological polar surface area (TPSA) is 74.8 Å². The Labute approximate surface area is 181 Å². The lowest BCUT2D eigenvalue weighted by atomic mass is 10.1. The second-order valence-electron chi connectivity index (χ2n) is 8.36. The van der Waals surface area contributed by atoms with Gasteiger partial charge in [0, 0.05) is 50.7 Å². The molecule has 1 saturated heterocycles. The molecule has 2 aliphatic heterocycles. The molecule has 5 rings (SSSR count). The molecule has 3 aromatic rings. The van der Waals surface area contributed by atoms with Crippen molar-refractivity contribution in [1.29, 1.82) is 0 Å². The lowest BCUT2D eigenvalue weighted by Crippen LogP contribution is -2.52.